The van der Waals surface area contributed by atoms with Crippen LogP contribution in [-0.2, 0) is 6.18 Å². The Balaban J connectivity index is 2.44. The van der Waals surface area contributed by atoms with Crippen molar-refractivity contribution >= 4 is 28.3 Å². The van der Waals surface area contributed by atoms with Gasteiger partial charge in [0.1, 0.15) is 16.4 Å². The molecule has 0 spiro atoms. The number of benzene rings is 1. The van der Waals surface area contributed by atoms with Crippen molar-refractivity contribution in [1.82, 2.24) is 9.55 Å². The minimum absolute atomic E-state index is 0.0431. The Morgan fingerprint density at radius 2 is 2.10 bits per heavy atom. The molecule has 21 heavy (non-hydrogen) atoms. The highest BCUT2D eigenvalue weighted by Gasteiger charge is 2.40. The lowest BCUT2D eigenvalue weighted by Crippen LogP contribution is -2.08. The van der Waals surface area contributed by atoms with Gasteiger partial charge in [-0.1, -0.05) is 11.6 Å². The van der Waals surface area contributed by atoms with Crippen LogP contribution < -0.4 is 0 Å². The lowest BCUT2D eigenvalue weighted by molar-refractivity contribution is -0.383. The second-order valence-corrected chi connectivity index (χ2v) is 5.35. The van der Waals surface area contributed by atoms with Crippen molar-refractivity contribution in [3.63, 3.8) is 0 Å². The zero-order valence-corrected chi connectivity index (χ0v) is 11.5. The van der Waals surface area contributed by atoms with E-state index >= 15 is 0 Å². The van der Waals surface area contributed by atoms with E-state index in [2.05, 4.69) is 4.98 Å². The third-order valence-electron chi connectivity index (χ3n) is 3.46. The van der Waals surface area contributed by atoms with Crippen molar-refractivity contribution in [2.45, 2.75) is 32.0 Å². The Bertz CT molecular complexity index is 765. The summed E-state index contributed by atoms with van der Waals surface area (Å²) in [5.41, 5.74) is -1.95. The van der Waals surface area contributed by atoms with Crippen LogP contribution in [0.25, 0.3) is 11.0 Å². The third kappa shape index (κ3) is 2.14. The molecule has 0 radical (unpaired) electrons. The van der Waals surface area contributed by atoms with Crippen molar-refractivity contribution in [1.29, 1.82) is 0 Å². The summed E-state index contributed by atoms with van der Waals surface area (Å²) in [5, 5.41) is 10.3. The second kappa shape index (κ2) is 4.33. The molecule has 0 bridgehead atoms. The van der Waals surface area contributed by atoms with E-state index in [4.69, 9.17) is 11.6 Å². The maximum atomic E-state index is 13.0. The predicted octanol–water partition coefficient (Wildman–Crippen LogP) is 4.26. The normalized spacial score (nSPS) is 15.7. The molecule has 0 saturated heterocycles. The Morgan fingerprint density at radius 3 is 2.57 bits per heavy atom. The van der Waals surface area contributed by atoms with Crippen LogP contribution in [0.1, 0.15) is 30.3 Å². The highest BCUT2D eigenvalue weighted by Crippen LogP contribution is 2.46. The van der Waals surface area contributed by atoms with Crippen molar-refractivity contribution in [3.05, 3.63) is 32.6 Å². The molecular formula is C12H9ClF3N3O2. The molecule has 1 aromatic carbocycles. The van der Waals surface area contributed by atoms with Crippen molar-refractivity contribution in [2.75, 3.05) is 0 Å². The van der Waals surface area contributed by atoms with E-state index in [0.29, 0.717) is 5.82 Å². The quantitative estimate of drug-likeness (QED) is 0.613. The van der Waals surface area contributed by atoms with E-state index in [1.165, 1.54) is 0 Å². The van der Waals surface area contributed by atoms with Gasteiger partial charge in [-0.3, -0.25) is 10.1 Å². The molecule has 2 aromatic rings. The van der Waals surface area contributed by atoms with Gasteiger partial charge in [-0.2, -0.15) is 13.2 Å². The Hall–Kier alpha value is -1.83. The summed E-state index contributed by atoms with van der Waals surface area (Å²) in [5.74, 6) is 0.450. The van der Waals surface area contributed by atoms with Gasteiger partial charge in [0.2, 0.25) is 0 Å². The molecule has 0 amide bonds. The minimum atomic E-state index is -4.77. The standard InChI is InChI=1S/C12H9ClF3N3O2/c1-5-17-8-4-7(12(14,15)16)9(13)11(19(20)21)10(8)18(5)6-2-3-6/h4,6H,2-3H2,1H3. The number of hydrogen-bond donors (Lipinski definition) is 0. The van der Waals surface area contributed by atoms with Gasteiger partial charge in [0, 0.05) is 6.04 Å². The highest BCUT2D eigenvalue weighted by atomic mass is 35.5. The number of halogens is 4. The number of aryl methyl sites for hydroxylation is 1. The molecule has 0 unspecified atom stereocenters. The number of nitro benzene ring substituents is 1. The third-order valence-corrected chi connectivity index (χ3v) is 3.85. The van der Waals surface area contributed by atoms with Crippen molar-refractivity contribution in [2.24, 2.45) is 0 Å². The van der Waals surface area contributed by atoms with Crippen molar-refractivity contribution in [3.8, 4) is 0 Å². The van der Waals surface area contributed by atoms with Gasteiger partial charge < -0.3 is 4.57 Å². The zero-order chi connectivity index (χ0) is 15.5. The zero-order valence-electron chi connectivity index (χ0n) is 10.7. The number of nitrogens with zero attached hydrogens (tertiary/aromatic N) is 3. The van der Waals surface area contributed by atoms with E-state index in [1.54, 1.807) is 11.5 Å². The monoisotopic (exact) mass is 319 g/mol. The maximum absolute atomic E-state index is 13.0. The van der Waals surface area contributed by atoms with Gasteiger partial charge >= 0.3 is 11.9 Å². The average Bonchev–Trinajstić information content (AvgIpc) is 3.10. The van der Waals surface area contributed by atoms with Crippen LogP contribution in [0.5, 0.6) is 0 Å². The van der Waals surface area contributed by atoms with E-state index in [0.717, 1.165) is 18.9 Å². The minimum Gasteiger partial charge on any atom is -0.319 e. The molecule has 9 heteroatoms. The van der Waals surface area contributed by atoms with Crippen LogP contribution in [-0.4, -0.2) is 14.5 Å². The summed E-state index contributed by atoms with van der Waals surface area (Å²) < 4.78 is 40.5. The Labute approximate surface area is 121 Å². The van der Waals surface area contributed by atoms with Crippen LogP contribution >= 0.6 is 11.6 Å². The number of nitro groups is 1. The molecule has 0 atom stereocenters. The number of hydrogen-bond acceptors (Lipinski definition) is 3. The molecule has 112 valence electrons. The predicted molar refractivity (Wildman–Crippen MR) is 69.4 cm³/mol. The maximum Gasteiger partial charge on any atom is 0.418 e. The van der Waals surface area contributed by atoms with E-state index in [1.807, 2.05) is 0 Å². The lowest BCUT2D eigenvalue weighted by Gasteiger charge is -2.11. The SMILES string of the molecule is Cc1nc2cc(C(F)(F)F)c(Cl)c([N+](=O)[O-])c2n1C1CC1. The first kappa shape index (κ1) is 14.1. The number of aromatic nitrogens is 2. The van der Waals surface area contributed by atoms with Crippen LogP contribution in [0.3, 0.4) is 0 Å². The topological polar surface area (TPSA) is 61.0 Å². The first-order chi connectivity index (χ1) is 9.71. The number of alkyl halides is 3. The van der Waals surface area contributed by atoms with Crippen LogP contribution in [0.4, 0.5) is 18.9 Å². The van der Waals surface area contributed by atoms with E-state index < -0.39 is 27.4 Å². The Morgan fingerprint density at radius 1 is 1.48 bits per heavy atom. The molecule has 3 rings (SSSR count). The second-order valence-electron chi connectivity index (χ2n) is 4.97. The molecule has 1 saturated carbocycles. The largest absolute Gasteiger partial charge is 0.418 e. The molecular weight excluding hydrogens is 311 g/mol. The number of fused-ring (bicyclic) bond motifs is 1. The summed E-state index contributed by atoms with van der Waals surface area (Å²) >= 11 is 5.67. The first-order valence-electron chi connectivity index (χ1n) is 6.14. The van der Waals surface area contributed by atoms with Crippen molar-refractivity contribution < 1.29 is 18.1 Å². The fourth-order valence-electron chi connectivity index (χ4n) is 2.49. The lowest BCUT2D eigenvalue weighted by atomic mass is 10.1. The van der Waals surface area contributed by atoms with E-state index in [9.17, 15) is 23.3 Å². The fourth-order valence-corrected chi connectivity index (χ4v) is 2.81. The summed E-state index contributed by atoms with van der Waals surface area (Å²) in [6, 6.07) is 0.817. The molecule has 0 aliphatic heterocycles. The van der Waals surface area contributed by atoms with Gasteiger partial charge in [-0.05, 0) is 25.8 Å². The van der Waals surface area contributed by atoms with Gasteiger partial charge in [-0.25, -0.2) is 4.98 Å². The fraction of sp³-hybridized carbons (Fsp3) is 0.417. The van der Waals surface area contributed by atoms with Gasteiger partial charge in [0.05, 0.1) is 16.0 Å². The number of rotatable bonds is 2. The Kier molecular flexibility index (Phi) is 2.91. The first-order valence-corrected chi connectivity index (χ1v) is 6.52. The van der Waals surface area contributed by atoms with E-state index in [-0.39, 0.29) is 17.1 Å². The van der Waals surface area contributed by atoms with Gasteiger partial charge in [0.15, 0.2) is 0 Å². The summed E-state index contributed by atoms with van der Waals surface area (Å²) in [7, 11) is 0. The molecule has 1 aromatic heterocycles. The molecule has 1 aliphatic carbocycles. The molecule has 5 nitrogen and oxygen atoms in total. The van der Waals surface area contributed by atoms with Gasteiger partial charge in [-0.15, -0.1) is 0 Å². The molecule has 0 N–H and O–H groups in total. The molecule has 1 heterocycles. The molecule has 1 aliphatic rings. The molecule has 1 fully saturated rings. The number of imidazole rings is 1. The van der Waals surface area contributed by atoms with Crippen LogP contribution in [0.2, 0.25) is 5.02 Å². The van der Waals surface area contributed by atoms with Crippen LogP contribution in [0.15, 0.2) is 6.07 Å². The smallest absolute Gasteiger partial charge is 0.319 e. The van der Waals surface area contributed by atoms with Gasteiger partial charge in [0.25, 0.3) is 0 Å². The summed E-state index contributed by atoms with van der Waals surface area (Å²) in [4.78, 5) is 14.4. The van der Waals surface area contributed by atoms with Crippen LogP contribution in [0, 0.1) is 17.0 Å². The highest BCUT2D eigenvalue weighted by molar-refractivity contribution is 6.34. The summed E-state index contributed by atoms with van der Waals surface area (Å²) in [6.07, 6.45) is -3.13. The average molecular weight is 320 g/mol. The summed E-state index contributed by atoms with van der Waals surface area (Å²) in [6.45, 7) is 1.61.